The molecule has 0 spiro atoms. The van der Waals surface area contributed by atoms with Gasteiger partial charge in [-0.15, -0.1) is 0 Å². The molecule has 0 amide bonds. The van der Waals surface area contributed by atoms with Crippen LogP contribution in [0.1, 0.15) is 22.7 Å². The van der Waals surface area contributed by atoms with Crippen LogP contribution in [0.4, 0.5) is 13.2 Å². The van der Waals surface area contributed by atoms with Crippen molar-refractivity contribution in [1.82, 2.24) is 15.5 Å². The fourth-order valence-corrected chi connectivity index (χ4v) is 4.66. The number of hydrogen-bond donors (Lipinski definition) is 2. The molecule has 34 heavy (non-hydrogen) atoms. The second kappa shape index (κ2) is 9.44. The lowest BCUT2D eigenvalue weighted by molar-refractivity contribution is 0.292. The molecule has 3 nitrogen and oxygen atoms in total. The van der Waals surface area contributed by atoms with E-state index in [1.165, 1.54) is 36.4 Å². The highest BCUT2D eigenvalue weighted by atomic mass is 32.1. The fraction of sp³-hybridized carbons (Fsp3) is 0.148. The van der Waals surface area contributed by atoms with Crippen molar-refractivity contribution in [1.29, 1.82) is 0 Å². The van der Waals surface area contributed by atoms with Crippen LogP contribution in [-0.2, 0) is 6.54 Å². The number of nitrogens with zero attached hydrogens (tertiary/aromatic N) is 1. The normalized spacial score (nSPS) is 19.6. The third kappa shape index (κ3) is 4.90. The molecular formula is C27H22F3N3S. The SMILES string of the molecule is Fc1ccc(/C=C2\CN(Cc3ccc(F)cc3)CC3=C2NC(=S)NC3c2ccc(F)cc2)cc1. The van der Waals surface area contributed by atoms with Crippen LogP contribution in [0.25, 0.3) is 6.08 Å². The fourth-order valence-electron chi connectivity index (χ4n) is 4.44. The molecule has 0 saturated heterocycles. The van der Waals surface area contributed by atoms with Crippen molar-refractivity contribution in [2.45, 2.75) is 12.6 Å². The first kappa shape index (κ1) is 22.4. The number of nitrogens with one attached hydrogen (secondary N) is 2. The Morgan fingerprint density at radius 2 is 1.41 bits per heavy atom. The van der Waals surface area contributed by atoms with Gasteiger partial charge in [-0.1, -0.05) is 36.4 Å². The number of halogens is 3. The maximum Gasteiger partial charge on any atom is 0.171 e. The minimum absolute atomic E-state index is 0.225. The lowest BCUT2D eigenvalue weighted by Crippen LogP contribution is -2.49. The van der Waals surface area contributed by atoms with Crippen LogP contribution in [0.5, 0.6) is 0 Å². The van der Waals surface area contributed by atoms with Gasteiger partial charge in [0.05, 0.1) is 6.04 Å². The number of benzene rings is 3. The van der Waals surface area contributed by atoms with Crippen LogP contribution >= 0.6 is 12.2 Å². The van der Waals surface area contributed by atoms with Gasteiger partial charge < -0.3 is 10.6 Å². The summed E-state index contributed by atoms with van der Waals surface area (Å²) in [6, 6.07) is 19.0. The van der Waals surface area contributed by atoms with E-state index in [1.807, 2.05) is 6.08 Å². The molecule has 172 valence electrons. The van der Waals surface area contributed by atoms with Gasteiger partial charge in [0, 0.05) is 25.3 Å². The van der Waals surface area contributed by atoms with E-state index in [0.29, 0.717) is 24.7 Å². The molecule has 5 rings (SSSR count). The van der Waals surface area contributed by atoms with Gasteiger partial charge in [0.2, 0.25) is 0 Å². The lowest BCUT2D eigenvalue weighted by Gasteiger charge is -2.40. The molecule has 7 heteroatoms. The van der Waals surface area contributed by atoms with Gasteiger partial charge in [0.15, 0.2) is 5.11 Å². The Morgan fingerprint density at radius 3 is 2.06 bits per heavy atom. The maximum atomic E-state index is 13.6. The third-order valence-corrected chi connectivity index (χ3v) is 6.25. The highest BCUT2D eigenvalue weighted by molar-refractivity contribution is 7.80. The summed E-state index contributed by atoms with van der Waals surface area (Å²) in [6.07, 6.45) is 2.02. The largest absolute Gasteiger partial charge is 0.352 e. The smallest absolute Gasteiger partial charge is 0.171 e. The van der Waals surface area contributed by atoms with Gasteiger partial charge in [0.1, 0.15) is 17.5 Å². The van der Waals surface area contributed by atoms with Crippen molar-refractivity contribution in [2.75, 3.05) is 13.1 Å². The second-order valence-electron chi connectivity index (χ2n) is 8.48. The topological polar surface area (TPSA) is 27.3 Å². The minimum atomic E-state index is -0.298. The molecule has 0 aromatic heterocycles. The van der Waals surface area contributed by atoms with Gasteiger partial charge in [-0.2, -0.15) is 0 Å². The van der Waals surface area contributed by atoms with Crippen molar-refractivity contribution in [2.24, 2.45) is 0 Å². The summed E-state index contributed by atoms with van der Waals surface area (Å²) in [4.78, 5) is 2.26. The van der Waals surface area contributed by atoms with E-state index in [0.717, 1.165) is 33.5 Å². The molecule has 0 aliphatic carbocycles. The van der Waals surface area contributed by atoms with Gasteiger partial charge in [-0.25, -0.2) is 13.2 Å². The summed E-state index contributed by atoms with van der Waals surface area (Å²) in [5.74, 6) is -0.857. The summed E-state index contributed by atoms with van der Waals surface area (Å²) in [5, 5.41) is 7.12. The summed E-state index contributed by atoms with van der Waals surface area (Å²) in [6.45, 7) is 1.88. The summed E-state index contributed by atoms with van der Waals surface area (Å²) in [5.41, 5.74) is 5.78. The van der Waals surface area contributed by atoms with Crippen molar-refractivity contribution >= 4 is 23.4 Å². The predicted molar refractivity (Wildman–Crippen MR) is 131 cm³/mol. The Balaban J connectivity index is 1.56. The van der Waals surface area contributed by atoms with E-state index in [9.17, 15) is 13.2 Å². The van der Waals surface area contributed by atoms with E-state index < -0.39 is 0 Å². The van der Waals surface area contributed by atoms with Crippen LogP contribution in [0.2, 0.25) is 0 Å². The molecule has 2 aliphatic heterocycles. The quantitative estimate of drug-likeness (QED) is 0.487. The molecule has 2 aliphatic rings. The molecule has 0 bridgehead atoms. The molecule has 2 heterocycles. The molecule has 3 aromatic carbocycles. The van der Waals surface area contributed by atoms with Crippen molar-refractivity contribution in [3.63, 3.8) is 0 Å². The predicted octanol–water partition coefficient (Wildman–Crippen LogP) is 5.48. The molecule has 1 unspecified atom stereocenters. The van der Waals surface area contributed by atoms with E-state index in [-0.39, 0.29) is 23.5 Å². The first-order valence-corrected chi connectivity index (χ1v) is 11.3. The van der Waals surface area contributed by atoms with Crippen LogP contribution in [0, 0.1) is 17.5 Å². The van der Waals surface area contributed by atoms with Crippen LogP contribution in [0.15, 0.2) is 89.6 Å². The highest BCUT2D eigenvalue weighted by Crippen LogP contribution is 2.35. The molecule has 1 atom stereocenters. The Labute approximate surface area is 201 Å². The van der Waals surface area contributed by atoms with Crippen molar-refractivity contribution < 1.29 is 13.2 Å². The molecule has 0 saturated carbocycles. The molecule has 0 fully saturated rings. The molecular weight excluding hydrogens is 455 g/mol. The van der Waals surface area contributed by atoms with Crippen molar-refractivity contribution in [3.8, 4) is 0 Å². The average Bonchev–Trinajstić information content (AvgIpc) is 2.83. The summed E-state index contributed by atoms with van der Waals surface area (Å²) >= 11 is 5.50. The zero-order valence-corrected chi connectivity index (χ0v) is 19.0. The van der Waals surface area contributed by atoms with E-state index >= 15 is 0 Å². The van der Waals surface area contributed by atoms with Gasteiger partial charge in [0.25, 0.3) is 0 Å². The number of hydrogen-bond acceptors (Lipinski definition) is 2. The molecule has 3 aromatic rings. The Hall–Kier alpha value is -3.42. The standard InChI is InChI=1S/C27H22F3N3S/c28-21-7-1-17(2-8-21)13-20-15-33(14-18-3-9-22(29)10-4-18)16-24-25(31-27(34)32-26(20)24)19-5-11-23(30)12-6-19/h1-13,25H,14-16H2,(H2,31,32,34)/b20-13+. The highest BCUT2D eigenvalue weighted by Gasteiger charge is 2.33. The Kier molecular flexibility index (Phi) is 6.22. The number of thiocarbonyl (C=S) groups is 1. The van der Waals surface area contributed by atoms with E-state index in [4.69, 9.17) is 12.2 Å². The molecule has 2 N–H and O–H groups in total. The monoisotopic (exact) mass is 477 g/mol. The lowest BCUT2D eigenvalue weighted by atomic mass is 9.88. The van der Waals surface area contributed by atoms with E-state index in [1.54, 1.807) is 36.4 Å². The first-order chi connectivity index (χ1) is 16.4. The minimum Gasteiger partial charge on any atom is -0.352 e. The summed E-state index contributed by atoms with van der Waals surface area (Å²) in [7, 11) is 0. The van der Waals surface area contributed by atoms with Gasteiger partial charge in [-0.3, -0.25) is 4.90 Å². The summed E-state index contributed by atoms with van der Waals surface area (Å²) < 4.78 is 40.5. The zero-order chi connectivity index (χ0) is 23.7. The average molecular weight is 478 g/mol. The number of rotatable bonds is 4. The van der Waals surface area contributed by atoms with E-state index in [2.05, 4.69) is 15.5 Å². The zero-order valence-electron chi connectivity index (χ0n) is 18.2. The second-order valence-corrected chi connectivity index (χ2v) is 8.88. The van der Waals surface area contributed by atoms with Crippen LogP contribution < -0.4 is 10.6 Å². The van der Waals surface area contributed by atoms with Gasteiger partial charge in [-0.05, 0) is 82.5 Å². The Morgan fingerprint density at radius 1 is 0.824 bits per heavy atom. The first-order valence-electron chi connectivity index (χ1n) is 10.9. The van der Waals surface area contributed by atoms with Crippen molar-refractivity contribution in [3.05, 3.63) is 124 Å². The third-order valence-electron chi connectivity index (χ3n) is 6.03. The van der Waals surface area contributed by atoms with Gasteiger partial charge >= 0.3 is 0 Å². The molecule has 0 radical (unpaired) electrons. The van der Waals surface area contributed by atoms with Crippen LogP contribution in [0.3, 0.4) is 0 Å². The van der Waals surface area contributed by atoms with Crippen LogP contribution in [-0.4, -0.2) is 23.1 Å². The maximum absolute atomic E-state index is 13.6. The Bertz CT molecular complexity index is 1270.